The molecule has 5 rings (SSSR count). The number of ether oxygens (including phenoxy) is 1. The molecule has 0 aliphatic carbocycles. The largest absolute Gasteiger partial charge is 0.488 e. The molecule has 2 aromatic carbocycles. The van der Waals surface area contributed by atoms with E-state index in [0.29, 0.717) is 17.3 Å². The van der Waals surface area contributed by atoms with E-state index in [1.54, 1.807) is 0 Å². The molecule has 27 heavy (non-hydrogen) atoms. The van der Waals surface area contributed by atoms with Crippen molar-refractivity contribution in [3.8, 4) is 27.4 Å². The summed E-state index contributed by atoms with van der Waals surface area (Å²) < 4.78 is 5.77. The van der Waals surface area contributed by atoms with Crippen LogP contribution < -0.4 is 10.1 Å². The number of thiophene rings is 1. The van der Waals surface area contributed by atoms with E-state index in [1.165, 1.54) is 11.3 Å². The summed E-state index contributed by atoms with van der Waals surface area (Å²) in [6.45, 7) is 0.483. The molecule has 0 spiro atoms. The smallest absolute Gasteiger partial charge is 0.266 e. The number of nitrogens with zero attached hydrogens (tertiary/aromatic N) is 1. The van der Waals surface area contributed by atoms with E-state index < -0.39 is 0 Å². The number of benzene rings is 2. The maximum absolute atomic E-state index is 12.7. The third-order valence-electron chi connectivity index (χ3n) is 4.45. The molecule has 0 unspecified atom stereocenters. The van der Waals surface area contributed by atoms with E-state index in [1.807, 2.05) is 66.7 Å². The third-order valence-corrected chi connectivity index (χ3v) is 5.66. The van der Waals surface area contributed by atoms with Crippen LogP contribution in [0.4, 0.5) is 5.82 Å². The highest BCUT2D eigenvalue weighted by molar-refractivity contribution is 7.17. The molecule has 2 N–H and O–H groups in total. The molecule has 3 heterocycles. The summed E-state index contributed by atoms with van der Waals surface area (Å²) >= 11 is 1.48. The van der Waals surface area contributed by atoms with Gasteiger partial charge in [0, 0.05) is 22.1 Å². The van der Waals surface area contributed by atoms with Crippen LogP contribution in [-0.4, -0.2) is 16.1 Å². The SMILES string of the molecule is O=C(Nc1cc(-c2ccccc2)[nH]n1)c1cc2c(s1)-c1ccccc1OC2. The number of carbonyl (C=O) groups is 1. The monoisotopic (exact) mass is 373 g/mol. The summed E-state index contributed by atoms with van der Waals surface area (Å²) in [5.41, 5.74) is 3.95. The minimum absolute atomic E-state index is 0.169. The van der Waals surface area contributed by atoms with Gasteiger partial charge < -0.3 is 10.1 Å². The molecule has 1 aliphatic heterocycles. The van der Waals surface area contributed by atoms with E-state index >= 15 is 0 Å². The molecule has 0 fully saturated rings. The Labute approximate surface area is 159 Å². The highest BCUT2D eigenvalue weighted by Gasteiger charge is 2.22. The van der Waals surface area contributed by atoms with Gasteiger partial charge in [-0.3, -0.25) is 9.89 Å². The second-order valence-electron chi connectivity index (χ2n) is 6.24. The summed E-state index contributed by atoms with van der Waals surface area (Å²) in [5.74, 6) is 1.19. The quantitative estimate of drug-likeness (QED) is 0.534. The van der Waals surface area contributed by atoms with E-state index in [0.717, 1.165) is 33.0 Å². The van der Waals surface area contributed by atoms with Gasteiger partial charge in [0.15, 0.2) is 5.82 Å². The van der Waals surface area contributed by atoms with Crippen molar-refractivity contribution < 1.29 is 9.53 Å². The number of aromatic amines is 1. The second kappa shape index (κ2) is 6.41. The lowest BCUT2D eigenvalue weighted by Gasteiger charge is -2.16. The van der Waals surface area contributed by atoms with Crippen molar-refractivity contribution in [1.82, 2.24) is 10.2 Å². The number of aromatic nitrogens is 2. The van der Waals surface area contributed by atoms with E-state index in [9.17, 15) is 4.79 Å². The maximum atomic E-state index is 12.7. The number of carbonyl (C=O) groups excluding carboxylic acids is 1. The zero-order chi connectivity index (χ0) is 18.2. The van der Waals surface area contributed by atoms with Crippen molar-refractivity contribution in [3.63, 3.8) is 0 Å². The Balaban J connectivity index is 1.39. The fourth-order valence-electron chi connectivity index (χ4n) is 3.14. The molecule has 1 amide bonds. The molecule has 4 aromatic rings. The van der Waals surface area contributed by atoms with Crippen molar-refractivity contribution in [3.05, 3.63) is 77.2 Å². The number of H-pyrrole nitrogens is 1. The molecule has 0 bridgehead atoms. The summed E-state index contributed by atoms with van der Waals surface area (Å²) in [5, 5.41) is 10.0. The second-order valence-corrected chi connectivity index (χ2v) is 7.29. The first-order valence-electron chi connectivity index (χ1n) is 8.55. The predicted molar refractivity (Wildman–Crippen MR) is 106 cm³/mol. The normalized spacial score (nSPS) is 12.0. The van der Waals surface area contributed by atoms with Gasteiger partial charge in [-0.1, -0.05) is 42.5 Å². The van der Waals surface area contributed by atoms with Gasteiger partial charge in [0.05, 0.1) is 10.6 Å². The first-order chi connectivity index (χ1) is 13.3. The van der Waals surface area contributed by atoms with Gasteiger partial charge in [-0.25, -0.2) is 0 Å². The van der Waals surface area contributed by atoms with Gasteiger partial charge in [0.25, 0.3) is 5.91 Å². The average molecular weight is 373 g/mol. The minimum atomic E-state index is -0.169. The van der Waals surface area contributed by atoms with Crippen molar-refractivity contribution in [1.29, 1.82) is 0 Å². The van der Waals surface area contributed by atoms with Crippen LogP contribution in [0, 0.1) is 0 Å². The Morgan fingerprint density at radius 2 is 1.89 bits per heavy atom. The maximum Gasteiger partial charge on any atom is 0.266 e. The molecule has 6 heteroatoms. The standard InChI is InChI=1S/C21H15N3O2S/c25-21(22-19-11-16(23-24-19)13-6-2-1-3-7-13)18-10-14-12-26-17-9-5-4-8-15(17)20(14)27-18/h1-11H,12H2,(H2,22,23,24,25). The highest BCUT2D eigenvalue weighted by Crippen LogP contribution is 2.42. The number of fused-ring (bicyclic) bond motifs is 3. The van der Waals surface area contributed by atoms with Crippen molar-refractivity contribution in [2.45, 2.75) is 6.61 Å². The summed E-state index contributed by atoms with van der Waals surface area (Å²) in [7, 11) is 0. The Bertz CT molecular complexity index is 1130. The van der Waals surface area contributed by atoms with Gasteiger partial charge in [-0.05, 0) is 23.8 Å². The van der Waals surface area contributed by atoms with Crippen LogP contribution in [0.25, 0.3) is 21.7 Å². The van der Waals surface area contributed by atoms with Crippen LogP contribution >= 0.6 is 11.3 Å². The van der Waals surface area contributed by atoms with Crippen LogP contribution in [0.1, 0.15) is 15.2 Å². The summed E-state index contributed by atoms with van der Waals surface area (Å²) in [4.78, 5) is 14.4. The number of hydrogen-bond acceptors (Lipinski definition) is 4. The topological polar surface area (TPSA) is 67.0 Å². The van der Waals surface area contributed by atoms with Crippen molar-refractivity contribution in [2.75, 3.05) is 5.32 Å². The minimum Gasteiger partial charge on any atom is -0.488 e. The molecular weight excluding hydrogens is 358 g/mol. The molecular formula is C21H15N3O2S. The van der Waals surface area contributed by atoms with Crippen LogP contribution in [0.15, 0.2) is 66.7 Å². The fraction of sp³-hybridized carbons (Fsp3) is 0.0476. The Hall–Kier alpha value is -3.38. The highest BCUT2D eigenvalue weighted by atomic mass is 32.1. The third kappa shape index (κ3) is 2.90. The molecule has 2 aromatic heterocycles. The Morgan fingerprint density at radius 1 is 1.07 bits per heavy atom. The Morgan fingerprint density at radius 3 is 2.78 bits per heavy atom. The average Bonchev–Trinajstić information content (AvgIpc) is 3.36. The molecule has 0 saturated heterocycles. The molecule has 132 valence electrons. The lowest BCUT2D eigenvalue weighted by Crippen LogP contribution is -2.10. The first kappa shape index (κ1) is 15.8. The molecule has 0 saturated carbocycles. The lowest BCUT2D eigenvalue weighted by atomic mass is 10.1. The number of amides is 1. The number of rotatable bonds is 3. The van der Waals surface area contributed by atoms with Gasteiger partial charge in [-0.15, -0.1) is 11.3 Å². The Kier molecular flexibility index (Phi) is 3.76. The van der Waals surface area contributed by atoms with Crippen LogP contribution in [-0.2, 0) is 6.61 Å². The summed E-state index contributed by atoms with van der Waals surface area (Å²) in [6, 6.07) is 21.5. The lowest BCUT2D eigenvalue weighted by molar-refractivity contribution is 0.103. The van der Waals surface area contributed by atoms with Gasteiger partial charge >= 0.3 is 0 Å². The van der Waals surface area contributed by atoms with Crippen LogP contribution in [0.2, 0.25) is 0 Å². The fourth-order valence-corrected chi connectivity index (χ4v) is 4.23. The van der Waals surface area contributed by atoms with Crippen LogP contribution in [0.3, 0.4) is 0 Å². The van der Waals surface area contributed by atoms with Gasteiger partial charge in [0.2, 0.25) is 0 Å². The number of hydrogen-bond donors (Lipinski definition) is 2. The zero-order valence-corrected chi connectivity index (χ0v) is 15.0. The van der Waals surface area contributed by atoms with Crippen molar-refractivity contribution in [2.24, 2.45) is 0 Å². The van der Waals surface area contributed by atoms with Crippen molar-refractivity contribution >= 4 is 23.1 Å². The van der Waals surface area contributed by atoms with E-state index in [2.05, 4.69) is 15.5 Å². The van der Waals surface area contributed by atoms with Gasteiger partial charge in [-0.2, -0.15) is 5.10 Å². The number of para-hydroxylation sites is 1. The molecule has 1 aliphatic rings. The number of anilines is 1. The van der Waals surface area contributed by atoms with E-state index in [-0.39, 0.29) is 5.91 Å². The first-order valence-corrected chi connectivity index (χ1v) is 9.37. The predicted octanol–water partition coefficient (Wildman–Crippen LogP) is 4.95. The molecule has 5 nitrogen and oxygen atoms in total. The molecule has 0 radical (unpaired) electrons. The molecule has 0 atom stereocenters. The zero-order valence-electron chi connectivity index (χ0n) is 14.2. The van der Waals surface area contributed by atoms with Crippen LogP contribution in [0.5, 0.6) is 5.75 Å². The number of nitrogens with one attached hydrogen (secondary N) is 2. The van der Waals surface area contributed by atoms with Gasteiger partial charge in [0.1, 0.15) is 12.4 Å². The van der Waals surface area contributed by atoms with E-state index in [4.69, 9.17) is 4.74 Å². The summed E-state index contributed by atoms with van der Waals surface area (Å²) in [6.07, 6.45) is 0.